The summed E-state index contributed by atoms with van der Waals surface area (Å²) in [6, 6.07) is 9.48. The van der Waals surface area contributed by atoms with Gasteiger partial charge < -0.3 is 20.6 Å². The molecule has 0 radical (unpaired) electrons. The number of aliphatic imine (C=N–C) groups is 1. The van der Waals surface area contributed by atoms with Gasteiger partial charge in [-0.2, -0.15) is 0 Å². The van der Waals surface area contributed by atoms with Crippen LogP contribution in [0.1, 0.15) is 57.4 Å². The molecular weight excluding hydrogens is 364 g/mol. The molecule has 2 fully saturated rings. The largest absolute Gasteiger partial charge is 0.375 e. The molecule has 3 rings (SSSR count). The highest BCUT2D eigenvalue weighted by atomic mass is 16.3. The molecule has 0 aromatic heterocycles. The minimum atomic E-state index is -1.43. The molecule has 6 heteroatoms. The van der Waals surface area contributed by atoms with Crippen LogP contribution in [0.4, 0.5) is 0 Å². The van der Waals surface area contributed by atoms with E-state index in [0.29, 0.717) is 32.1 Å². The first-order valence-electron chi connectivity index (χ1n) is 11.2. The molecule has 1 atom stereocenters. The lowest BCUT2D eigenvalue weighted by atomic mass is 9.79. The highest BCUT2D eigenvalue weighted by Gasteiger charge is 2.48. The van der Waals surface area contributed by atoms with Gasteiger partial charge in [0.15, 0.2) is 11.6 Å². The van der Waals surface area contributed by atoms with Crippen molar-refractivity contribution in [3.63, 3.8) is 0 Å². The molecular formula is C23H36N4O2. The molecule has 1 aromatic rings. The SMILES string of the molecule is CCCCCN=C(N)N1CCN(C(=O)[C@](O)(c2ccccc2)C2CCCC2)CC1. The summed E-state index contributed by atoms with van der Waals surface area (Å²) in [4.78, 5) is 21.9. The zero-order valence-electron chi connectivity index (χ0n) is 17.7. The van der Waals surface area contributed by atoms with Crippen molar-refractivity contribution in [3.8, 4) is 0 Å². The fourth-order valence-electron chi connectivity index (χ4n) is 4.60. The van der Waals surface area contributed by atoms with Gasteiger partial charge in [0.05, 0.1) is 0 Å². The zero-order valence-corrected chi connectivity index (χ0v) is 17.7. The first-order valence-corrected chi connectivity index (χ1v) is 11.2. The third-order valence-electron chi connectivity index (χ3n) is 6.41. The fraction of sp³-hybridized carbons (Fsp3) is 0.652. The van der Waals surface area contributed by atoms with E-state index in [1.807, 2.05) is 40.1 Å². The maximum Gasteiger partial charge on any atom is 0.259 e. The molecule has 160 valence electrons. The maximum atomic E-state index is 13.5. The van der Waals surface area contributed by atoms with Crippen LogP contribution in [0.3, 0.4) is 0 Å². The third kappa shape index (κ3) is 4.92. The van der Waals surface area contributed by atoms with Crippen LogP contribution in [0, 0.1) is 5.92 Å². The van der Waals surface area contributed by atoms with E-state index < -0.39 is 5.60 Å². The van der Waals surface area contributed by atoms with Gasteiger partial charge in [-0.25, -0.2) is 0 Å². The molecule has 1 aliphatic heterocycles. The van der Waals surface area contributed by atoms with Crippen LogP contribution in [0.25, 0.3) is 0 Å². The van der Waals surface area contributed by atoms with E-state index in [1.165, 1.54) is 6.42 Å². The van der Waals surface area contributed by atoms with E-state index in [2.05, 4.69) is 11.9 Å². The molecule has 1 amide bonds. The Kier molecular flexibility index (Phi) is 7.53. The standard InChI is InChI=1S/C23H36N4O2/c1-2-3-9-14-25-22(24)27-17-15-26(16-18-27)21(28)23(29,20-12-7-8-13-20)19-10-5-4-6-11-19/h4-6,10-11,20,29H,2-3,7-9,12-18H2,1H3,(H2,24,25)/t23-/m0/s1. The van der Waals surface area contributed by atoms with Gasteiger partial charge in [-0.3, -0.25) is 9.79 Å². The van der Waals surface area contributed by atoms with Crippen molar-refractivity contribution in [2.45, 2.75) is 57.5 Å². The van der Waals surface area contributed by atoms with Crippen LogP contribution in [0.15, 0.2) is 35.3 Å². The molecule has 0 bridgehead atoms. The van der Waals surface area contributed by atoms with Crippen molar-refractivity contribution in [2.24, 2.45) is 16.6 Å². The molecule has 1 aromatic carbocycles. The average molecular weight is 401 g/mol. The quantitative estimate of drug-likeness (QED) is 0.419. The van der Waals surface area contributed by atoms with Gasteiger partial charge >= 0.3 is 0 Å². The highest BCUT2D eigenvalue weighted by molar-refractivity contribution is 5.87. The molecule has 2 aliphatic rings. The summed E-state index contributed by atoms with van der Waals surface area (Å²) in [6.07, 6.45) is 7.34. The van der Waals surface area contributed by atoms with Crippen LogP contribution in [-0.4, -0.2) is 59.5 Å². The monoisotopic (exact) mass is 400 g/mol. The van der Waals surface area contributed by atoms with Crippen molar-refractivity contribution < 1.29 is 9.90 Å². The van der Waals surface area contributed by atoms with E-state index >= 15 is 0 Å². The number of aliphatic hydroxyl groups is 1. The Labute approximate surface area is 174 Å². The van der Waals surface area contributed by atoms with Crippen LogP contribution in [0.2, 0.25) is 0 Å². The average Bonchev–Trinajstić information content (AvgIpc) is 3.32. The number of guanidine groups is 1. The van der Waals surface area contributed by atoms with Crippen LogP contribution in [-0.2, 0) is 10.4 Å². The molecule has 6 nitrogen and oxygen atoms in total. The van der Waals surface area contributed by atoms with Gasteiger partial charge in [0.2, 0.25) is 0 Å². The first kappa shape index (κ1) is 21.6. The molecule has 1 saturated carbocycles. The lowest BCUT2D eigenvalue weighted by Gasteiger charge is -2.41. The predicted octanol–water partition coefficient (Wildman–Crippen LogP) is 2.71. The van der Waals surface area contributed by atoms with E-state index in [4.69, 9.17) is 5.73 Å². The Bertz CT molecular complexity index is 679. The summed E-state index contributed by atoms with van der Waals surface area (Å²) in [6.45, 7) is 5.37. The number of hydrogen-bond donors (Lipinski definition) is 2. The van der Waals surface area contributed by atoms with Crippen molar-refractivity contribution in [1.29, 1.82) is 0 Å². The number of carbonyl (C=O) groups is 1. The Morgan fingerprint density at radius 1 is 1.10 bits per heavy atom. The van der Waals surface area contributed by atoms with Gasteiger partial charge in [0, 0.05) is 38.6 Å². The number of unbranched alkanes of at least 4 members (excludes halogenated alkanes) is 2. The number of amides is 1. The summed E-state index contributed by atoms with van der Waals surface area (Å²) in [5, 5.41) is 11.7. The second kappa shape index (κ2) is 10.1. The zero-order chi connectivity index (χ0) is 20.7. The fourth-order valence-corrected chi connectivity index (χ4v) is 4.60. The number of carbonyl (C=O) groups excluding carboxylic acids is 1. The second-order valence-electron chi connectivity index (χ2n) is 8.34. The summed E-state index contributed by atoms with van der Waals surface area (Å²) in [5.74, 6) is 0.400. The van der Waals surface area contributed by atoms with Gasteiger partial charge in [0.1, 0.15) is 0 Å². The van der Waals surface area contributed by atoms with Gasteiger partial charge in [-0.05, 0) is 24.8 Å². The van der Waals surface area contributed by atoms with Gasteiger partial charge in [-0.15, -0.1) is 0 Å². The number of benzene rings is 1. The van der Waals surface area contributed by atoms with E-state index in [1.54, 1.807) is 0 Å². The second-order valence-corrected chi connectivity index (χ2v) is 8.34. The minimum Gasteiger partial charge on any atom is -0.375 e. The summed E-state index contributed by atoms with van der Waals surface area (Å²) in [5.41, 5.74) is 5.44. The van der Waals surface area contributed by atoms with Crippen molar-refractivity contribution in [3.05, 3.63) is 35.9 Å². The lowest BCUT2D eigenvalue weighted by Crippen LogP contribution is -2.58. The number of piperazine rings is 1. The predicted molar refractivity (Wildman–Crippen MR) is 116 cm³/mol. The smallest absolute Gasteiger partial charge is 0.259 e. The molecule has 29 heavy (non-hydrogen) atoms. The van der Waals surface area contributed by atoms with Crippen LogP contribution < -0.4 is 5.73 Å². The van der Waals surface area contributed by atoms with E-state index in [9.17, 15) is 9.90 Å². The van der Waals surface area contributed by atoms with Crippen molar-refractivity contribution in [2.75, 3.05) is 32.7 Å². The summed E-state index contributed by atoms with van der Waals surface area (Å²) >= 11 is 0. The molecule has 1 saturated heterocycles. The molecule has 0 unspecified atom stereocenters. The third-order valence-corrected chi connectivity index (χ3v) is 6.41. The topological polar surface area (TPSA) is 82.2 Å². The Morgan fingerprint density at radius 2 is 1.72 bits per heavy atom. The Hall–Kier alpha value is -2.08. The number of nitrogens with zero attached hydrogens (tertiary/aromatic N) is 3. The maximum absolute atomic E-state index is 13.5. The Balaban J connectivity index is 1.66. The normalized spacial score (nSPS) is 20.7. The van der Waals surface area contributed by atoms with Crippen molar-refractivity contribution in [1.82, 2.24) is 9.80 Å². The number of rotatable bonds is 7. The highest BCUT2D eigenvalue weighted by Crippen LogP contribution is 2.42. The molecule has 1 aliphatic carbocycles. The lowest BCUT2D eigenvalue weighted by molar-refractivity contribution is -0.160. The molecule has 3 N–H and O–H groups in total. The van der Waals surface area contributed by atoms with E-state index in [-0.39, 0.29) is 11.8 Å². The van der Waals surface area contributed by atoms with Crippen LogP contribution >= 0.6 is 0 Å². The van der Waals surface area contributed by atoms with Gasteiger partial charge in [-0.1, -0.05) is 62.9 Å². The molecule has 1 heterocycles. The molecule has 0 spiro atoms. The first-order chi connectivity index (χ1) is 14.1. The number of nitrogens with two attached hydrogens (primary N) is 1. The van der Waals surface area contributed by atoms with Crippen LogP contribution in [0.5, 0.6) is 0 Å². The van der Waals surface area contributed by atoms with E-state index in [0.717, 1.165) is 50.6 Å². The Morgan fingerprint density at radius 3 is 2.34 bits per heavy atom. The summed E-state index contributed by atoms with van der Waals surface area (Å²) < 4.78 is 0. The van der Waals surface area contributed by atoms with Gasteiger partial charge in [0.25, 0.3) is 5.91 Å². The van der Waals surface area contributed by atoms with Crippen molar-refractivity contribution >= 4 is 11.9 Å². The summed E-state index contributed by atoms with van der Waals surface area (Å²) in [7, 11) is 0. The number of hydrogen-bond acceptors (Lipinski definition) is 3. The minimum absolute atomic E-state index is 0.0133.